The zero-order chi connectivity index (χ0) is 25.4. The number of rotatable bonds is 7. The van der Waals surface area contributed by atoms with Gasteiger partial charge in [0, 0.05) is 22.7 Å². The summed E-state index contributed by atoms with van der Waals surface area (Å²) in [7, 11) is 0. The number of fused-ring (bicyclic) bond motifs is 1. The van der Waals surface area contributed by atoms with Crippen LogP contribution < -0.4 is 4.74 Å². The van der Waals surface area contributed by atoms with E-state index in [9.17, 15) is 37.4 Å². The van der Waals surface area contributed by atoms with Gasteiger partial charge in [0.05, 0.1) is 11.4 Å². The summed E-state index contributed by atoms with van der Waals surface area (Å²) in [5.41, 5.74) is 0.516. The lowest BCUT2D eigenvalue weighted by Crippen LogP contribution is -2.18. The van der Waals surface area contributed by atoms with E-state index >= 15 is 0 Å². The first-order valence-electron chi connectivity index (χ1n) is 10.5. The Balaban J connectivity index is 2.18. The van der Waals surface area contributed by atoms with Gasteiger partial charge in [0.25, 0.3) is 5.91 Å². The summed E-state index contributed by atoms with van der Waals surface area (Å²) in [5.74, 6) is -5.05. The molecule has 6 nitrogen and oxygen atoms in total. The quantitative estimate of drug-likeness (QED) is 0.405. The number of aromatic nitrogens is 1. The van der Waals surface area contributed by atoms with Crippen LogP contribution in [0, 0.1) is 18.7 Å². The molecule has 34 heavy (non-hydrogen) atoms. The molecule has 0 aliphatic rings. The number of carboxylic acids is 1. The number of alkyl halides is 3. The van der Waals surface area contributed by atoms with Crippen molar-refractivity contribution in [1.29, 1.82) is 0 Å². The van der Waals surface area contributed by atoms with Gasteiger partial charge >= 0.3 is 12.3 Å². The average molecular weight is 481 g/mol. The summed E-state index contributed by atoms with van der Waals surface area (Å²) in [5, 5.41) is 20.1. The number of carbonyl (C=O) groups is 2. The maximum atomic E-state index is 14.3. The first-order valence-corrected chi connectivity index (χ1v) is 10.5. The minimum absolute atomic E-state index is 0.0247. The Morgan fingerprint density at radius 1 is 1.15 bits per heavy atom. The second-order valence-corrected chi connectivity index (χ2v) is 8.17. The normalized spacial score (nSPS) is 13.6. The fourth-order valence-electron chi connectivity index (χ4n) is 3.99. The van der Waals surface area contributed by atoms with Crippen molar-refractivity contribution in [2.24, 2.45) is 5.92 Å². The molecule has 1 unspecified atom stereocenters. The van der Waals surface area contributed by atoms with E-state index in [0.717, 1.165) is 41.0 Å². The number of hydrogen-bond acceptors (Lipinski definition) is 4. The average Bonchev–Trinajstić information content (AvgIpc) is 3.01. The van der Waals surface area contributed by atoms with E-state index in [1.807, 2.05) is 13.8 Å². The van der Waals surface area contributed by atoms with Crippen LogP contribution in [-0.2, 0) is 4.79 Å². The largest absolute Gasteiger partial charge is 0.573 e. The van der Waals surface area contributed by atoms with Crippen LogP contribution >= 0.6 is 0 Å². The molecule has 0 saturated carbocycles. The Morgan fingerprint density at radius 2 is 1.76 bits per heavy atom. The molecule has 0 spiro atoms. The predicted molar refractivity (Wildman–Crippen MR) is 116 cm³/mol. The highest BCUT2D eigenvalue weighted by Crippen LogP contribution is 2.39. The molecule has 0 fully saturated rings. The monoisotopic (exact) mass is 481 g/mol. The summed E-state index contributed by atoms with van der Waals surface area (Å²) >= 11 is 0. The van der Waals surface area contributed by atoms with E-state index in [-0.39, 0.29) is 40.1 Å². The van der Waals surface area contributed by atoms with Gasteiger partial charge in [0.1, 0.15) is 5.75 Å². The van der Waals surface area contributed by atoms with E-state index in [4.69, 9.17) is 0 Å². The molecule has 2 aromatic carbocycles. The number of phenolic OH excluding ortho intramolecular Hbond substituents is 1. The maximum Gasteiger partial charge on any atom is 0.573 e. The molecule has 0 amide bonds. The molecule has 2 atom stereocenters. The van der Waals surface area contributed by atoms with Crippen LogP contribution in [0.4, 0.5) is 17.6 Å². The number of carboxylic acid groups (broad SMARTS) is 1. The number of benzene rings is 2. The van der Waals surface area contributed by atoms with E-state index in [1.165, 1.54) is 6.92 Å². The molecule has 0 radical (unpaired) electrons. The van der Waals surface area contributed by atoms with Gasteiger partial charge in [-0.15, -0.1) is 13.2 Å². The number of aromatic hydroxyl groups is 1. The summed E-state index contributed by atoms with van der Waals surface area (Å²) in [6.45, 7) is 5.31. The molecule has 2 N–H and O–H groups in total. The Kier molecular flexibility index (Phi) is 6.90. The second kappa shape index (κ2) is 9.36. The number of halogens is 4. The molecular weight excluding hydrogens is 458 g/mol. The van der Waals surface area contributed by atoms with E-state index in [2.05, 4.69) is 4.74 Å². The highest BCUT2D eigenvalue weighted by atomic mass is 19.4. The van der Waals surface area contributed by atoms with Crippen LogP contribution in [0.5, 0.6) is 11.5 Å². The Hall–Kier alpha value is -3.56. The zero-order valence-electron chi connectivity index (χ0n) is 18.6. The van der Waals surface area contributed by atoms with Crippen LogP contribution in [0.2, 0.25) is 0 Å². The van der Waals surface area contributed by atoms with Crippen molar-refractivity contribution in [1.82, 2.24) is 4.57 Å². The molecule has 1 heterocycles. The number of aliphatic carboxylic acids is 1. The lowest BCUT2D eigenvalue weighted by Gasteiger charge is -2.17. The first kappa shape index (κ1) is 25.1. The third-order valence-electron chi connectivity index (χ3n) is 5.84. The SMILES string of the molecule is CCC(C)C[C@H](C(=O)O)c1c(C)n(C(=O)c2ccc(OC(F)(F)F)cc2)c2cc(F)c(O)cc12. The zero-order valence-corrected chi connectivity index (χ0v) is 18.6. The molecule has 10 heteroatoms. The van der Waals surface area contributed by atoms with E-state index < -0.39 is 41.5 Å². The molecule has 3 aromatic rings. The van der Waals surface area contributed by atoms with E-state index in [0.29, 0.717) is 6.42 Å². The van der Waals surface area contributed by atoms with Gasteiger partial charge in [-0.1, -0.05) is 20.3 Å². The van der Waals surface area contributed by atoms with Crippen molar-refractivity contribution in [3.8, 4) is 11.5 Å². The Bertz CT molecular complexity index is 1230. The summed E-state index contributed by atoms with van der Waals surface area (Å²) in [6.07, 6.45) is -3.93. The smallest absolute Gasteiger partial charge is 0.505 e. The Labute approximate surface area is 192 Å². The summed E-state index contributed by atoms with van der Waals surface area (Å²) < 4.78 is 56.5. The third-order valence-corrected chi connectivity index (χ3v) is 5.84. The van der Waals surface area contributed by atoms with Gasteiger partial charge in [0.2, 0.25) is 0 Å². The molecule has 0 saturated heterocycles. The van der Waals surface area contributed by atoms with Gasteiger partial charge in [0.15, 0.2) is 11.6 Å². The molecule has 1 aromatic heterocycles. The lowest BCUT2D eigenvalue weighted by atomic mass is 9.87. The van der Waals surface area contributed by atoms with Gasteiger partial charge in [-0.25, -0.2) is 4.39 Å². The topological polar surface area (TPSA) is 88.8 Å². The predicted octanol–water partition coefficient (Wildman–Crippen LogP) is 5.99. The van der Waals surface area contributed by atoms with Gasteiger partial charge in [-0.2, -0.15) is 0 Å². The van der Waals surface area contributed by atoms with Crippen LogP contribution in [0.3, 0.4) is 0 Å². The first-order chi connectivity index (χ1) is 15.8. The van der Waals surface area contributed by atoms with Crippen LogP contribution in [0.1, 0.15) is 54.2 Å². The van der Waals surface area contributed by atoms with Crippen molar-refractivity contribution in [3.05, 3.63) is 59.0 Å². The van der Waals surface area contributed by atoms with Crippen LogP contribution in [-0.4, -0.2) is 33.0 Å². The van der Waals surface area contributed by atoms with Gasteiger partial charge in [-0.05, 0) is 55.2 Å². The molecule has 3 rings (SSSR count). The van der Waals surface area contributed by atoms with Crippen molar-refractivity contribution >= 4 is 22.8 Å². The maximum absolute atomic E-state index is 14.3. The standard InChI is InChI=1S/C24H23F4NO5/c1-4-12(2)9-17(23(32)33)21-13(3)29(19-11-18(25)20(30)10-16(19)21)22(31)14-5-7-15(8-6-14)34-24(26,27)28/h5-8,10-12,17,30H,4,9H2,1-3H3,(H,32,33)/t12?,17-/m0/s1. The highest BCUT2D eigenvalue weighted by molar-refractivity contribution is 6.05. The molecule has 0 aliphatic carbocycles. The number of carbonyl (C=O) groups excluding carboxylic acids is 1. The molecule has 0 aliphatic heterocycles. The van der Waals surface area contributed by atoms with Crippen LogP contribution in [0.25, 0.3) is 10.9 Å². The second-order valence-electron chi connectivity index (χ2n) is 8.17. The molecular formula is C24H23F4NO5. The fourth-order valence-corrected chi connectivity index (χ4v) is 3.99. The van der Waals surface area contributed by atoms with E-state index in [1.54, 1.807) is 0 Å². The van der Waals surface area contributed by atoms with Gasteiger partial charge in [-0.3, -0.25) is 14.2 Å². The summed E-state index contributed by atoms with van der Waals surface area (Å²) in [6, 6.07) is 6.21. The van der Waals surface area contributed by atoms with Crippen molar-refractivity contribution in [2.75, 3.05) is 0 Å². The third kappa shape index (κ3) is 5.00. The minimum Gasteiger partial charge on any atom is -0.505 e. The number of hydrogen-bond donors (Lipinski definition) is 2. The van der Waals surface area contributed by atoms with Crippen molar-refractivity contribution in [2.45, 2.75) is 45.9 Å². The Morgan fingerprint density at radius 3 is 2.29 bits per heavy atom. The number of ether oxygens (including phenoxy) is 1. The lowest BCUT2D eigenvalue weighted by molar-refractivity contribution is -0.274. The molecule has 182 valence electrons. The summed E-state index contributed by atoms with van der Waals surface area (Å²) in [4.78, 5) is 25.5. The number of phenols is 1. The fraction of sp³-hybridized carbons (Fsp3) is 0.333. The van der Waals surface area contributed by atoms with Crippen molar-refractivity contribution < 1.29 is 42.1 Å². The molecule has 0 bridgehead atoms. The van der Waals surface area contributed by atoms with Crippen molar-refractivity contribution in [3.63, 3.8) is 0 Å². The number of nitrogens with zero attached hydrogens (tertiary/aromatic N) is 1. The minimum atomic E-state index is -4.89. The highest BCUT2D eigenvalue weighted by Gasteiger charge is 2.32. The van der Waals surface area contributed by atoms with Crippen LogP contribution in [0.15, 0.2) is 36.4 Å². The van der Waals surface area contributed by atoms with Gasteiger partial charge < -0.3 is 14.9 Å².